The summed E-state index contributed by atoms with van der Waals surface area (Å²) in [7, 11) is 0. The number of amides is 1. The third-order valence-electron chi connectivity index (χ3n) is 4.41. The van der Waals surface area contributed by atoms with Gasteiger partial charge in [0, 0.05) is 30.3 Å². The van der Waals surface area contributed by atoms with Gasteiger partial charge >= 0.3 is 5.97 Å². The van der Waals surface area contributed by atoms with E-state index in [9.17, 15) is 9.59 Å². The van der Waals surface area contributed by atoms with Gasteiger partial charge in [-0.3, -0.25) is 14.3 Å². The molecular weight excluding hydrogens is 324 g/mol. The molecular formula is C17H22N4O4. The molecule has 1 amide bonds. The number of carboxylic acid groups (broad SMARTS) is 1. The Balaban J connectivity index is 1.76. The van der Waals surface area contributed by atoms with Crippen molar-refractivity contribution in [3.05, 3.63) is 35.3 Å². The number of carboxylic acids is 1. The number of carbonyl (C=O) groups is 2. The number of hydrogen-bond acceptors (Lipinski definition) is 4. The highest BCUT2D eigenvalue weighted by Crippen LogP contribution is 2.26. The van der Waals surface area contributed by atoms with Gasteiger partial charge in [-0.05, 0) is 32.8 Å². The minimum atomic E-state index is -0.987. The van der Waals surface area contributed by atoms with Crippen molar-refractivity contribution in [1.82, 2.24) is 14.3 Å². The van der Waals surface area contributed by atoms with Crippen LogP contribution in [0, 0.1) is 13.8 Å². The number of aliphatic carboxylic acids is 1. The van der Waals surface area contributed by atoms with E-state index >= 15 is 0 Å². The number of nitrogens with zero attached hydrogens (tertiary/aromatic N) is 3. The van der Waals surface area contributed by atoms with Gasteiger partial charge in [-0.2, -0.15) is 5.10 Å². The zero-order chi connectivity index (χ0) is 18.0. The predicted molar refractivity (Wildman–Crippen MR) is 90.8 cm³/mol. The van der Waals surface area contributed by atoms with E-state index < -0.39 is 5.97 Å². The van der Waals surface area contributed by atoms with E-state index in [1.165, 1.54) is 10.9 Å². The summed E-state index contributed by atoms with van der Waals surface area (Å²) in [6.07, 6.45) is 3.58. The van der Waals surface area contributed by atoms with Crippen molar-refractivity contribution < 1.29 is 19.4 Å². The second-order valence-electron chi connectivity index (χ2n) is 6.27. The van der Waals surface area contributed by atoms with Crippen LogP contribution in [-0.2, 0) is 16.1 Å². The molecule has 2 aromatic rings. The fourth-order valence-corrected chi connectivity index (χ4v) is 3.33. The fraction of sp³-hybridized carbons (Fsp3) is 0.471. The van der Waals surface area contributed by atoms with Gasteiger partial charge in [0.05, 0.1) is 18.2 Å². The van der Waals surface area contributed by atoms with Gasteiger partial charge in [0.2, 0.25) is 0 Å². The summed E-state index contributed by atoms with van der Waals surface area (Å²) in [4.78, 5) is 23.3. The molecule has 0 saturated carbocycles. The number of ether oxygens (including phenoxy) is 1. The largest absolute Gasteiger partial charge is 0.480 e. The molecule has 1 saturated heterocycles. The van der Waals surface area contributed by atoms with Crippen LogP contribution in [0.3, 0.4) is 0 Å². The molecule has 1 unspecified atom stereocenters. The van der Waals surface area contributed by atoms with Crippen LogP contribution in [0.2, 0.25) is 0 Å². The number of aryl methyl sites for hydroxylation is 1. The van der Waals surface area contributed by atoms with Gasteiger partial charge in [-0.25, -0.2) is 0 Å². The van der Waals surface area contributed by atoms with E-state index in [4.69, 9.17) is 9.84 Å². The molecule has 2 aromatic heterocycles. The predicted octanol–water partition coefficient (Wildman–Crippen LogP) is 1.99. The van der Waals surface area contributed by atoms with E-state index in [2.05, 4.69) is 15.0 Å². The van der Waals surface area contributed by atoms with Crippen molar-refractivity contribution in [2.75, 3.05) is 18.5 Å². The van der Waals surface area contributed by atoms with E-state index in [0.717, 1.165) is 30.8 Å². The summed E-state index contributed by atoms with van der Waals surface area (Å²) in [5.41, 5.74) is 2.51. The van der Waals surface area contributed by atoms with E-state index in [0.29, 0.717) is 18.0 Å². The average Bonchev–Trinajstić information content (AvgIpc) is 3.11. The van der Waals surface area contributed by atoms with E-state index in [-0.39, 0.29) is 18.5 Å². The molecule has 0 aliphatic carbocycles. The molecule has 1 aliphatic rings. The summed E-state index contributed by atoms with van der Waals surface area (Å²) >= 11 is 0. The first kappa shape index (κ1) is 17.2. The van der Waals surface area contributed by atoms with Gasteiger partial charge in [0.15, 0.2) is 5.82 Å². The summed E-state index contributed by atoms with van der Waals surface area (Å²) in [5.74, 6) is -0.909. The Morgan fingerprint density at radius 2 is 2.24 bits per heavy atom. The van der Waals surface area contributed by atoms with Crippen LogP contribution in [0.5, 0.6) is 0 Å². The number of aromatic nitrogens is 3. The Labute approximate surface area is 145 Å². The smallest absolute Gasteiger partial charge is 0.325 e. The third kappa shape index (κ3) is 3.74. The summed E-state index contributed by atoms with van der Waals surface area (Å²) in [6, 6.07) is 3.70. The highest BCUT2D eigenvalue weighted by Gasteiger charge is 2.23. The highest BCUT2D eigenvalue weighted by molar-refractivity contribution is 6.04. The Kier molecular flexibility index (Phi) is 4.89. The first-order valence-electron chi connectivity index (χ1n) is 8.28. The molecule has 0 spiro atoms. The molecule has 8 heteroatoms. The third-order valence-corrected chi connectivity index (χ3v) is 4.41. The van der Waals surface area contributed by atoms with Gasteiger partial charge in [0.25, 0.3) is 5.91 Å². The maximum absolute atomic E-state index is 12.6. The minimum absolute atomic E-state index is 0.244. The molecule has 25 heavy (non-hydrogen) atoms. The fourth-order valence-electron chi connectivity index (χ4n) is 3.33. The molecule has 134 valence electrons. The van der Waals surface area contributed by atoms with Crippen LogP contribution in [0.15, 0.2) is 18.3 Å². The Hall–Kier alpha value is -2.61. The van der Waals surface area contributed by atoms with Gasteiger partial charge in [-0.15, -0.1) is 0 Å². The van der Waals surface area contributed by atoms with Crippen molar-refractivity contribution in [2.24, 2.45) is 0 Å². The maximum Gasteiger partial charge on any atom is 0.325 e. The molecule has 3 rings (SSSR count). The summed E-state index contributed by atoms with van der Waals surface area (Å²) in [6.45, 7) is 5.13. The Morgan fingerprint density at radius 3 is 2.92 bits per heavy atom. The lowest BCUT2D eigenvalue weighted by atomic mass is 10.1. The van der Waals surface area contributed by atoms with Gasteiger partial charge < -0.3 is 19.7 Å². The van der Waals surface area contributed by atoms with Crippen molar-refractivity contribution in [1.29, 1.82) is 0 Å². The quantitative estimate of drug-likeness (QED) is 0.863. The number of carbonyl (C=O) groups excluding carboxylic acids is 1. The normalized spacial score (nSPS) is 17.4. The monoisotopic (exact) mass is 346 g/mol. The van der Waals surface area contributed by atoms with Crippen LogP contribution in [-0.4, -0.2) is 44.5 Å². The van der Waals surface area contributed by atoms with E-state index in [1.54, 1.807) is 6.07 Å². The average molecular weight is 346 g/mol. The van der Waals surface area contributed by atoms with Crippen LogP contribution in [0.25, 0.3) is 0 Å². The molecule has 2 N–H and O–H groups in total. The molecule has 1 aliphatic heterocycles. The van der Waals surface area contributed by atoms with E-state index in [1.807, 2.05) is 19.9 Å². The Morgan fingerprint density at radius 1 is 1.44 bits per heavy atom. The van der Waals surface area contributed by atoms with Crippen LogP contribution >= 0.6 is 0 Å². The van der Waals surface area contributed by atoms with Crippen molar-refractivity contribution in [3.8, 4) is 0 Å². The van der Waals surface area contributed by atoms with Crippen LogP contribution in [0.1, 0.15) is 40.6 Å². The number of hydrogen-bond donors (Lipinski definition) is 2. The van der Waals surface area contributed by atoms with Crippen molar-refractivity contribution in [3.63, 3.8) is 0 Å². The van der Waals surface area contributed by atoms with Crippen molar-refractivity contribution in [2.45, 2.75) is 39.3 Å². The topological polar surface area (TPSA) is 98.4 Å². The number of nitrogens with one attached hydrogen (secondary N) is 1. The summed E-state index contributed by atoms with van der Waals surface area (Å²) < 4.78 is 8.99. The second kappa shape index (κ2) is 7.10. The lowest BCUT2D eigenvalue weighted by Crippen LogP contribution is -2.23. The minimum Gasteiger partial charge on any atom is -0.480 e. The van der Waals surface area contributed by atoms with Gasteiger partial charge in [0.1, 0.15) is 6.54 Å². The number of rotatable bonds is 5. The molecule has 0 aromatic carbocycles. The SMILES string of the molecule is Cc1cc(C(=O)Nc2ccn(CC(=O)O)n2)c(C)n1C1CCCOC1. The summed E-state index contributed by atoms with van der Waals surface area (Å²) in [5, 5.41) is 15.5. The zero-order valence-corrected chi connectivity index (χ0v) is 14.4. The molecule has 3 heterocycles. The first-order valence-corrected chi connectivity index (χ1v) is 8.28. The molecule has 8 nitrogen and oxygen atoms in total. The second-order valence-corrected chi connectivity index (χ2v) is 6.27. The lowest BCUT2D eigenvalue weighted by Gasteiger charge is -2.26. The molecule has 1 fully saturated rings. The van der Waals surface area contributed by atoms with Crippen LogP contribution in [0.4, 0.5) is 5.82 Å². The maximum atomic E-state index is 12.6. The zero-order valence-electron chi connectivity index (χ0n) is 14.4. The highest BCUT2D eigenvalue weighted by atomic mass is 16.5. The van der Waals surface area contributed by atoms with Gasteiger partial charge in [-0.1, -0.05) is 0 Å². The standard InChI is InChI=1S/C17H22N4O4/c1-11-8-14(12(2)21(11)13-4-3-7-25-10-13)17(24)18-15-5-6-20(19-15)9-16(22)23/h5-6,8,13H,3-4,7,9-10H2,1-2H3,(H,22,23)(H,18,19,24). The number of anilines is 1. The first-order chi connectivity index (χ1) is 12.0. The molecule has 1 atom stereocenters. The lowest BCUT2D eigenvalue weighted by molar-refractivity contribution is -0.137. The van der Waals surface area contributed by atoms with Crippen LogP contribution < -0.4 is 5.32 Å². The molecule has 0 bridgehead atoms. The molecule has 0 radical (unpaired) electrons. The Bertz CT molecular complexity index is 787. The van der Waals surface area contributed by atoms with Crippen molar-refractivity contribution >= 4 is 17.7 Å².